The molecule has 4 rings (SSSR count). The molecule has 0 radical (unpaired) electrons. The van der Waals surface area contributed by atoms with Gasteiger partial charge >= 0.3 is 0 Å². The number of aliphatic hydroxyl groups is 5. The summed E-state index contributed by atoms with van der Waals surface area (Å²) in [6, 6.07) is 0. The molecule has 29 heavy (non-hydrogen) atoms. The molecule has 2 aliphatic heterocycles. The molecule has 160 valence electrons. The summed E-state index contributed by atoms with van der Waals surface area (Å²) in [6.07, 6.45) is -6.23. The number of ether oxygens (including phenoxy) is 3. The Morgan fingerprint density at radius 1 is 1.21 bits per heavy atom. The van der Waals surface area contributed by atoms with Crippen LogP contribution < -0.4 is 5.56 Å². The van der Waals surface area contributed by atoms with E-state index in [9.17, 15) is 30.3 Å². The summed E-state index contributed by atoms with van der Waals surface area (Å²) < 4.78 is 18.4. The highest BCUT2D eigenvalue weighted by Gasteiger charge is 2.57. The van der Waals surface area contributed by atoms with Crippen LogP contribution in [0.5, 0.6) is 0 Å². The van der Waals surface area contributed by atoms with E-state index in [2.05, 4.69) is 15.0 Å². The summed E-state index contributed by atoms with van der Waals surface area (Å²) in [6.45, 7) is 0.268. The molecule has 4 heterocycles. The normalized spacial score (nSPS) is 40.1. The van der Waals surface area contributed by atoms with Crippen LogP contribution in [0.15, 0.2) is 17.4 Å². The number of rotatable bonds is 5. The zero-order valence-corrected chi connectivity index (χ0v) is 15.3. The fourth-order valence-corrected chi connectivity index (χ4v) is 3.74. The van der Waals surface area contributed by atoms with Gasteiger partial charge in [-0.3, -0.25) is 9.36 Å². The van der Waals surface area contributed by atoms with Gasteiger partial charge in [0.15, 0.2) is 23.2 Å². The van der Waals surface area contributed by atoms with E-state index in [1.807, 2.05) is 0 Å². The molecule has 8 atom stereocenters. The van der Waals surface area contributed by atoms with Gasteiger partial charge < -0.3 is 44.7 Å². The third-order valence-electron chi connectivity index (χ3n) is 5.31. The van der Waals surface area contributed by atoms with Gasteiger partial charge in [-0.1, -0.05) is 0 Å². The van der Waals surface area contributed by atoms with Crippen molar-refractivity contribution in [3.63, 3.8) is 0 Å². The predicted octanol–water partition coefficient (Wildman–Crippen LogP) is -3.42. The van der Waals surface area contributed by atoms with Crippen molar-refractivity contribution in [2.24, 2.45) is 0 Å². The van der Waals surface area contributed by atoms with E-state index in [4.69, 9.17) is 14.2 Å². The Balaban J connectivity index is 1.70. The lowest BCUT2D eigenvalue weighted by molar-refractivity contribution is -0.286. The first-order valence-electron chi connectivity index (χ1n) is 8.98. The Morgan fingerprint density at radius 3 is 2.59 bits per heavy atom. The lowest BCUT2D eigenvalue weighted by atomic mass is 10.1. The molecule has 6 N–H and O–H groups in total. The van der Waals surface area contributed by atoms with Crippen LogP contribution in [-0.4, -0.2) is 101 Å². The highest BCUT2D eigenvalue weighted by atomic mass is 16.7. The minimum absolute atomic E-state index is 0.0379. The summed E-state index contributed by atoms with van der Waals surface area (Å²) in [4.78, 5) is 22.4. The molecule has 0 aliphatic carbocycles. The van der Waals surface area contributed by atoms with Gasteiger partial charge in [-0.05, 0) is 6.92 Å². The lowest BCUT2D eigenvalue weighted by Gasteiger charge is -2.34. The number of nitrogens with zero attached hydrogens (tertiary/aromatic N) is 3. The number of nitrogens with one attached hydrogen (secondary N) is 1. The Hall–Kier alpha value is -1.97. The van der Waals surface area contributed by atoms with Crippen molar-refractivity contribution in [3.8, 4) is 0 Å². The molecular formula is C16H22N4O9. The van der Waals surface area contributed by atoms with Crippen LogP contribution in [0.1, 0.15) is 13.2 Å². The van der Waals surface area contributed by atoms with E-state index in [1.165, 1.54) is 24.1 Å². The van der Waals surface area contributed by atoms with Crippen LogP contribution in [0.25, 0.3) is 11.2 Å². The summed E-state index contributed by atoms with van der Waals surface area (Å²) >= 11 is 0. The van der Waals surface area contributed by atoms with Crippen LogP contribution in [-0.2, 0) is 14.2 Å². The number of hydrogen-bond acceptors (Lipinski definition) is 11. The van der Waals surface area contributed by atoms with Crippen LogP contribution in [0.4, 0.5) is 0 Å². The summed E-state index contributed by atoms with van der Waals surface area (Å²) in [5.74, 6) is -1.79. The average molecular weight is 414 g/mol. The van der Waals surface area contributed by atoms with E-state index in [0.717, 1.165) is 0 Å². The van der Waals surface area contributed by atoms with E-state index in [-0.39, 0.29) is 11.2 Å². The van der Waals surface area contributed by atoms with E-state index >= 15 is 0 Å². The Labute approximate surface area is 163 Å². The first-order chi connectivity index (χ1) is 13.8. The molecule has 0 amide bonds. The van der Waals surface area contributed by atoms with Gasteiger partial charge in [0.25, 0.3) is 5.56 Å². The van der Waals surface area contributed by atoms with Gasteiger partial charge in [-0.2, -0.15) is 0 Å². The van der Waals surface area contributed by atoms with Gasteiger partial charge in [0.05, 0.1) is 25.9 Å². The second-order valence-electron chi connectivity index (χ2n) is 7.17. The number of aliphatic hydroxyl groups excluding tert-OH is 5. The SMILES string of the molecule is CC1(OC2C(O)[C@@H](CO)O[C@H]2n2cnc3c(=O)[nH]cnc32)O[C@H](CO)[C@@H](O)[C@H]1O. The number of fused-ring (bicyclic) bond motifs is 1. The summed E-state index contributed by atoms with van der Waals surface area (Å²) in [7, 11) is 0. The second kappa shape index (κ2) is 7.37. The van der Waals surface area contributed by atoms with Crippen molar-refractivity contribution in [1.29, 1.82) is 0 Å². The fourth-order valence-electron chi connectivity index (χ4n) is 3.74. The molecular weight excluding hydrogens is 392 g/mol. The van der Waals surface area contributed by atoms with Gasteiger partial charge in [-0.25, -0.2) is 9.97 Å². The first-order valence-corrected chi connectivity index (χ1v) is 8.98. The van der Waals surface area contributed by atoms with Gasteiger partial charge in [-0.15, -0.1) is 0 Å². The van der Waals surface area contributed by atoms with E-state index in [0.29, 0.717) is 0 Å². The molecule has 0 spiro atoms. The van der Waals surface area contributed by atoms with Crippen LogP contribution >= 0.6 is 0 Å². The number of aromatic amines is 1. The number of hydrogen-bond donors (Lipinski definition) is 6. The molecule has 2 aliphatic rings. The second-order valence-corrected chi connectivity index (χ2v) is 7.17. The number of imidazole rings is 1. The zero-order chi connectivity index (χ0) is 20.9. The predicted molar refractivity (Wildman–Crippen MR) is 92.4 cm³/mol. The Morgan fingerprint density at radius 2 is 1.93 bits per heavy atom. The highest BCUT2D eigenvalue weighted by Crippen LogP contribution is 2.40. The fraction of sp³-hybridized carbons (Fsp3) is 0.688. The number of H-pyrrole nitrogens is 1. The van der Waals surface area contributed by atoms with Crippen LogP contribution in [0, 0.1) is 0 Å². The number of aromatic nitrogens is 4. The molecule has 2 fully saturated rings. The smallest absolute Gasteiger partial charge is 0.278 e. The van der Waals surface area contributed by atoms with Crippen molar-refractivity contribution in [3.05, 3.63) is 23.0 Å². The lowest BCUT2D eigenvalue weighted by Crippen LogP contribution is -2.49. The largest absolute Gasteiger partial charge is 0.394 e. The van der Waals surface area contributed by atoms with Crippen molar-refractivity contribution in [2.45, 2.75) is 55.6 Å². The van der Waals surface area contributed by atoms with Gasteiger partial charge in [0.2, 0.25) is 0 Å². The average Bonchev–Trinajstić information content (AvgIpc) is 3.33. The monoisotopic (exact) mass is 414 g/mol. The third kappa shape index (κ3) is 3.15. The topological polar surface area (TPSA) is 192 Å². The van der Waals surface area contributed by atoms with Gasteiger partial charge in [0.1, 0.15) is 36.6 Å². The molecule has 2 aromatic rings. The maximum atomic E-state index is 11.9. The highest BCUT2D eigenvalue weighted by molar-refractivity contribution is 5.68. The van der Waals surface area contributed by atoms with Gasteiger partial charge in [0, 0.05) is 0 Å². The summed E-state index contributed by atoms with van der Waals surface area (Å²) in [5.41, 5.74) is -0.278. The van der Waals surface area contributed by atoms with Crippen molar-refractivity contribution in [2.75, 3.05) is 13.2 Å². The molecule has 3 unspecified atom stereocenters. The Kier molecular flexibility index (Phi) is 5.16. The molecule has 0 bridgehead atoms. The van der Waals surface area contributed by atoms with Crippen molar-refractivity contribution < 1.29 is 39.7 Å². The molecule has 13 heteroatoms. The Bertz CT molecular complexity index is 934. The molecule has 0 saturated carbocycles. The molecule has 0 aromatic carbocycles. The first kappa shape index (κ1) is 20.3. The van der Waals surface area contributed by atoms with Crippen LogP contribution in [0.2, 0.25) is 0 Å². The minimum Gasteiger partial charge on any atom is -0.394 e. The van der Waals surface area contributed by atoms with E-state index < -0.39 is 67.4 Å². The van der Waals surface area contributed by atoms with Crippen molar-refractivity contribution >= 4 is 11.2 Å². The van der Waals surface area contributed by atoms with Crippen LogP contribution in [0.3, 0.4) is 0 Å². The zero-order valence-electron chi connectivity index (χ0n) is 15.3. The quantitative estimate of drug-likeness (QED) is 0.285. The summed E-state index contributed by atoms with van der Waals surface area (Å²) in [5, 5.41) is 49.9. The third-order valence-corrected chi connectivity index (χ3v) is 5.31. The maximum Gasteiger partial charge on any atom is 0.278 e. The minimum atomic E-state index is -1.79. The van der Waals surface area contributed by atoms with Crippen molar-refractivity contribution in [1.82, 2.24) is 19.5 Å². The molecule has 2 aromatic heterocycles. The molecule has 2 saturated heterocycles. The van der Waals surface area contributed by atoms with E-state index in [1.54, 1.807) is 0 Å². The molecule has 13 nitrogen and oxygen atoms in total. The standard InChI is InChI=1S/C16H22N4O9/c1-16(12(25)10(24)7(3-22)28-16)29-11-9(23)6(2-21)27-15(11)20-5-19-8-13(20)17-4-18-14(8)26/h4-7,9-12,15,21-25H,2-3H2,1H3,(H,17,18,26)/t6-,7-,9?,10-,11?,12-,15-,16?/m1/s1. The maximum absolute atomic E-state index is 11.9.